The average molecular weight is 257 g/mol. The van der Waals surface area contributed by atoms with E-state index in [1.165, 1.54) is 4.90 Å². The topological polar surface area (TPSA) is 77.5 Å². The van der Waals surface area contributed by atoms with Crippen molar-refractivity contribution in [1.82, 2.24) is 4.90 Å². The molecular formula is C11H8LiNO4S. The number of carbonyl (C=O) groups is 2. The van der Waals surface area contributed by atoms with Crippen molar-refractivity contribution in [2.75, 3.05) is 5.75 Å². The molecule has 0 spiro atoms. The fraction of sp³-hybridized carbons (Fsp3) is 0.273. The van der Waals surface area contributed by atoms with Crippen molar-refractivity contribution in [1.29, 1.82) is 0 Å². The molecule has 0 bridgehead atoms. The summed E-state index contributed by atoms with van der Waals surface area (Å²) in [5.41, 5.74) is 1.09. The Hall–Kier alpha value is -1.09. The quantitative estimate of drug-likeness (QED) is 0.481. The zero-order valence-electron chi connectivity index (χ0n) is 9.66. The van der Waals surface area contributed by atoms with Gasteiger partial charge in [-0.1, -0.05) is 18.2 Å². The molecule has 0 aromatic heterocycles. The number of benzene rings is 1. The van der Waals surface area contributed by atoms with Crippen LogP contribution in [0.4, 0.5) is 0 Å². The molecule has 88 valence electrons. The van der Waals surface area contributed by atoms with E-state index >= 15 is 0 Å². The minimum absolute atomic E-state index is 0. The molecule has 1 fully saturated rings. The maximum Gasteiger partial charge on any atom is 1.00 e. The summed E-state index contributed by atoms with van der Waals surface area (Å²) in [4.78, 5) is 24.2. The Morgan fingerprint density at radius 2 is 2.06 bits per heavy atom. The number of rotatable bonds is 1. The van der Waals surface area contributed by atoms with E-state index in [0.29, 0.717) is 11.1 Å². The van der Waals surface area contributed by atoms with E-state index in [0.717, 1.165) is 0 Å². The Balaban J connectivity index is 0.00000120. The zero-order valence-corrected chi connectivity index (χ0v) is 10.5. The Bertz CT molecular complexity index is 562. The number of nitrogens with zero attached hydrogens (tertiary/aromatic N) is 1. The molecule has 18 heavy (non-hydrogen) atoms. The van der Waals surface area contributed by atoms with Crippen LogP contribution in [0.5, 0.6) is 0 Å². The average Bonchev–Trinajstić information content (AvgIpc) is 2.79. The first kappa shape index (κ1) is 13.3. The van der Waals surface area contributed by atoms with Gasteiger partial charge in [-0.3, -0.25) is 9.00 Å². The van der Waals surface area contributed by atoms with Gasteiger partial charge in [0.1, 0.15) is 5.37 Å². The molecule has 0 N–H and O–H groups in total. The molecule has 3 atom stereocenters. The Morgan fingerprint density at radius 3 is 2.72 bits per heavy atom. The number of aliphatic carboxylic acids is 1. The summed E-state index contributed by atoms with van der Waals surface area (Å²) in [6, 6.07) is 5.71. The Morgan fingerprint density at radius 1 is 1.39 bits per heavy atom. The van der Waals surface area contributed by atoms with Crippen LogP contribution in [-0.4, -0.2) is 32.8 Å². The van der Waals surface area contributed by atoms with Crippen molar-refractivity contribution in [3.8, 4) is 0 Å². The number of carbonyl (C=O) groups excluding carboxylic acids is 2. The number of amides is 1. The molecule has 0 saturated carbocycles. The summed E-state index contributed by atoms with van der Waals surface area (Å²) in [7, 11) is -1.38. The summed E-state index contributed by atoms with van der Waals surface area (Å²) in [5, 5.41) is 10.3. The third-order valence-corrected chi connectivity index (χ3v) is 4.75. The van der Waals surface area contributed by atoms with Crippen LogP contribution in [-0.2, 0) is 15.6 Å². The van der Waals surface area contributed by atoms with E-state index in [1.54, 1.807) is 24.3 Å². The third kappa shape index (κ3) is 1.64. The number of carboxylic acid groups (broad SMARTS) is 1. The van der Waals surface area contributed by atoms with Gasteiger partial charge in [-0.15, -0.1) is 0 Å². The van der Waals surface area contributed by atoms with Gasteiger partial charge in [-0.25, -0.2) is 0 Å². The van der Waals surface area contributed by atoms with E-state index in [2.05, 4.69) is 0 Å². The van der Waals surface area contributed by atoms with E-state index in [1.807, 2.05) is 0 Å². The minimum Gasteiger partial charge on any atom is -0.548 e. The molecule has 2 aliphatic rings. The third-order valence-electron chi connectivity index (χ3n) is 3.12. The van der Waals surface area contributed by atoms with Crippen LogP contribution >= 0.6 is 0 Å². The molecule has 0 radical (unpaired) electrons. The van der Waals surface area contributed by atoms with E-state index in [-0.39, 0.29) is 30.5 Å². The van der Waals surface area contributed by atoms with Crippen molar-refractivity contribution >= 4 is 22.7 Å². The van der Waals surface area contributed by atoms with Gasteiger partial charge >= 0.3 is 18.9 Å². The van der Waals surface area contributed by atoms with Gasteiger partial charge in [0, 0.05) is 11.1 Å². The summed E-state index contributed by atoms with van der Waals surface area (Å²) >= 11 is 0. The predicted molar refractivity (Wildman–Crippen MR) is 57.2 cm³/mol. The fourth-order valence-electron chi connectivity index (χ4n) is 2.38. The molecule has 1 aromatic carbocycles. The molecule has 3 rings (SSSR count). The maximum absolute atomic E-state index is 12.0. The molecule has 1 saturated heterocycles. The minimum atomic E-state index is -1.38. The van der Waals surface area contributed by atoms with Gasteiger partial charge in [0.05, 0.1) is 28.6 Å². The fourth-order valence-corrected chi connectivity index (χ4v) is 4.16. The van der Waals surface area contributed by atoms with Gasteiger partial charge in [0.15, 0.2) is 0 Å². The maximum atomic E-state index is 12.0. The van der Waals surface area contributed by atoms with Crippen LogP contribution in [0.2, 0.25) is 0 Å². The normalized spacial score (nSPS) is 28.6. The largest absolute Gasteiger partial charge is 1.00 e. The zero-order chi connectivity index (χ0) is 12.2. The molecule has 0 aliphatic carbocycles. The first-order valence-corrected chi connectivity index (χ1v) is 6.49. The molecule has 1 aromatic rings. The van der Waals surface area contributed by atoms with E-state index in [9.17, 15) is 18.9 Å². The summed E-state index contributed by atoms with van der Waals surface area (Å²) in [5.74, 6) is -1.76. The van der Waals surface area contributed by atoms with Gasteiger partial charge in [0.25, 0.3) is 5.91 Å². The summed E-state index contributed by atoms with van der Waals surface area (Å²) < 4.78 is 11.9. The number of carboxylic acids is 1. The van der Waals surface area contributed by atoms with Gasteiger partial charge in [0.2, 0.25) is 0 Å². The van der Waals surface area contributed by atoms with Crippen LogP contribution < -0.4 is 24.0 Å². The molecule has 2 aliphatic heterocycles. The van der Waals surface area contributed by atoms with Gasteiger partial charge in [-0.05, 0) is 6.07 Å². The second-order valence-electron chi connectivity index (χ2n) is 4.03. The van der Waals surface area contributed by atoms with Crippen molar-refractivity contribution in [2.45, 2.75) is 11.4 Å². The summed E-state index contributed by atoms with van der Waals surface area (Å²) in [6.07, 6.45) is 0. The van der Waals surface area contributed by atoms with Gasteiger partial charge in [-0.2, -0.15) is 0 Å². The molecule has 2 heterocycles. The predicted octanol–water partition coefficient (Wildman–Crippen LogP) is -3.97. The first-order valence-electron chi connectivity index (χ1n) is 5.11. The molecule has 5 nitrogen and oxygen atoms in total. The number of hydrogen-bond donors (Lipinski definition) is 0. The SMILES string of the molecule is O=C([O-])C1CS(=O)C2c3ccccc3C(=O)N12.[Li+]. The second kappa shape index (κ2) is 4.54. The van der Waals surface area contributed by atoms with Crippen LogP contribution in [0.1, 0.15) is 21.3 Å². The Kier molecular flexibility index (Phi) is 3.36. The molecule has 7 heteroatoms. The van der Waals surface area contributed by atoms with Crippen molar-refractivity contribution in [3.63, 3.8) is 0 Å². The van der Waals surface area contributed by atoms with Crippen LogP contribution in [0.15, 0.2) is 24.3 Å². The van der Waals surface area contributed by atoms with E-state index < -0.39 is 28.2 Å². The molecule has 1 amide bonds. The van der Waals surface area contributed by atoms with Crippen LogP contribution in [0, 0.1) is 0 Å². The Labute approximate surface area is 118 Å². The van der Waals surface area contributed by atoms with Gasteiger partial charge < -0.3 is 14.8 Å². The summed E-state index contributed by atoms with van der Waals surface area (Å²) in [6.45, 7) is 0. The number of fused-ring (bicyclic) bond motifs is 3. The number of hydrogen-bond acceptors (Lipinski definition) is 4. The standard InChI is InChI=1S/C11H9NO4S.Li/c13-9-6-3-1-2-4-7(6)10-12(9)8(11(14)15)5-17(10)16;/h1-4,8,10H,5H2,(H,14,15);/q;+1/p-1. The van der Waals surface area contributed by atoms with Crippen molar-refractivity contribution in [2.24, 2.45) is 0 Å². The molecule has 3 unspecified atom stereocenters. The smallest absolute Gasteiger partial charge is 0.548 e. The van der Waals surface area contributed by atoms with Crippen molar-refractivity contribution < 1.29 is 37.8 Å². The second-order valence-corrected chi connectivity index (χ2v) is 5.58. The molecular weight excluding hydrogens is 249 g/mol. The van der Waals surface area contributed by atoms with Crippen molar-refractivity contribution in [3.05, 3.63) is 35.4 Å². The van der Waals surface area contributed by atoms with Crippen LogP contribution in [0.3, 0.4) is 0 Å². The monoisotopic (exact) mass is 257 g/mol. The van der Waals surface area contributed by atoms with Crippen LogP contribution in [0.25, 0.3) is 0 Å². The first-order chi connectivity index (χ1) is 8.11. The van der Waals surface area contributed by atoms with E-state index in [4.69, 9.17) is 0 Å².